The SMILES string of the molecule is CCOc1ccc([C@@H](N)CC(=O)OC(C)(C)C)cn1. The Bertz CT molecular complexity index is 410. The van der Waals surface area contributed by atoms with Crippen molar-refractivity contribution in [2.24, 2.45) is 5.73 Å². The number of carbonyl (C=O) groups excluding carboxylic acids is 1. The Morgan fingerprint density at radius 3 is 2.58 bits per heavy atom. The normalized spacial score (nSPS) is 12.9. The number of esters is 1. The Kier molecular flexibility index (Phi) is 5.30. The molecule has 0 aliphatic carbocycles. The number of carbonyl (C=O) groups is 1. The number of nitrogens with zero attached hydrogens (tertiary/aromatic N) is 1. The summed E-state index contributed by atoms with van der Waals surface area (Å²) in [6.07, 6.45) is 1.76. The highest BCUT2D eigenvalue weighted by atomic mass is 16.6. The first-order chi connectivity index (χ1) is 8.81. The van der Waals surface area contributed by atoms with E-state index in [-0.39, 0.29) is 12.4 Å². The summed E-state index contributed by atoms with van der Waals surface area (Å²) in [5.74, 6) is 0.240. The van der Waals surface area contributed by atoms with Gasteiger partial charge in [0.1, 0.15) is 5.60 Å². The fourth-order valence-corrected chi connectivity index (χ4v) is 1.52. The summed E-state index contributed by atoms with van der Waals surface area (Å²) >= 11 is 0. The molecule has 1 aromatic heterocycles. The largest absolute Gasteiger partial charge is 0.478 e. The third-order valence-electron chi connectivity index (χ3n) is 2.29. The summed E-state index contributed by atoms with van der Waals surface area (Å²) in [6, 6.07) is 3.14. The number of pyridine rings is 1. The van der Waals surface area contributed by atoms with Gasteiger partial charge >= 0.3 is 5.97 Å². The molecule has 0 bridgehead atoms. The highest BCUT2D eigenvalue weighted by molar-refractivity contribution is 5.70. The summed E-state index contributed by atoms with van der Waals surface area (Å²) < 4.78 is 10.5. The minimum absolute atomic E-state index is 0.132. The molecule has 0 aromatic carbocycles. The van der Waals surface area contributed by atoms with Gasteiger partial charge in [0, 0.05) is 18.3 Å². The van der Waals surface area contributed by atoms with Gasteiger partial charge in [0.25, 0.3) is 0 Å². The highest BCUT2D eigenvalue weighted by Crippen LogP contribution is 2.18. The third kappa shape index (κ3) is 5.70. The lowest BCUT2D eigenvalue weighted by molar-refractivity contribution is -0.155. The zero-order chi connectivity index (χ0) is 14.5. The van der Waals surface area contributed by atoms with Crippen molar-refractivity contribution >= 4 is 5.97 Å². The van der Waals surface area contributed by atoms with Gasteiger partial charge < -0.3 is 15.2 Å². The van der Waals surface area contributed by atoms with Crippen LogP contribution in [0.25, 0.3) is 0 Å². The quantitative estimate of drug-likeness (QED) is 0.827. The molecule has 0 saturated heterocycles. The Hall–Kier alpha value is -1.62. The number of rotatable bonds is 5. The van der Waals surface area contributed by atoms with Gasteiger partial charge in [-0.15, -0.1) is 0 Å². The van der Waals surface area contributed by atoms with E-state index in [1.165, 1.54) is 0 Å². The number of aromatic nitrogens is 1. The van der Waals surface area contributed by atoms with Crippen molar-refractivity contribution in [1.29, 1.82) is 0 Å². The van der Waals surface area contributed by atoms with Gasteiger partial charge in [-0.2, -0.15) is 0 Å². The second-order valence-corrected chi connectivity index (χ2v) is 5.26. The molecule has 5 nitrogen and oxygen atoms in total. The fraction of sp³-hybridized carbons (Fsp3) is 0.571. The first-order valence-electron chi connectivity index (χ1n) is 6.38. The number of hydrogen-bond donors (Lipinski definition) is 1. The summed E-state index contributed by atoms with van der Waals surface area (Å²) in [7, 11) is 0. The van der Waals surface area contributed by atoms with Gasteiger partial charge in [0.2, 0.25) is 5.88 Å². The average Bonchev–Trinajstić information content (AvgIpc) is 2.27. The molecule has 0 aliphatic rings. The van der Waals surface area contributed by atoms with Crippen LogP contribution in [0.15, 0.2) is 18.3 Å². The summed E-state index contributed by atoms with van der Waals surface area (Å²) in [5, 5.41) is 0. The molecule has 5 heteroatoms. The maximum absolute atomic E-state index is 11.7. The minimum atomic E-state index is -0.492. The Labute approximate surface area is 114 Å². The summed E-state index contributed by atoms with van der Waals surface area (Å²) in [5.41, 5.74) is 6.25. The predicted molar refractivity (Wildman–Crippen MR) is 72.8 cm³/mol. The lowest BCUT2D eigenvalue weighted by Crippen LogP contribution is -2.26. The monoisotopic (exact) mass is 266 g/mol. The van der Waals surface area contributed by atoms with Crippen LogP contribution in [0, 0.1) is 0 Å². The molecule has 0 spiro atoms. The minimum Gasteiger partial charge on any atom is -0.478 e. The fourth-order valence-electron chi connectivity index (χ4n) is 1.52. The molecular weight excluding hydrogens is 244 g/mol. The zero-order valence-electron chi connectivity index (χ0n) is 12.0. The topological polar surface area (TPSA) is 74.4 Å². The molecule has 1 heterocycles. The van der Waals surface area contributed by atoms with E-state index in [1.54, 1.807) is 12.3 Å². The molecule has 0 saturated carbocycles. The van der Waals surface area contributed by atoms with E-state index in [0.29, 0.717) is 12.5 Å². The van der Waals surface area contributed by atoms with E-state index in [9.17, 15) is 4.79 Å². The van der Waals surface area contributed by atoms with E-state index >= 15 is 0 Å². The van der Waals surface area contributed by atoms with Crippen LogP contribution in [0.5, 0.6) is 5.88 Å². The number of hydrogen-bond acceptors (Lipinski definition) is 5. The van der Waals surface area contributed by atoms with Crippen molar-refractivity contribution in [3.63, 3.8) is 0 Å². The maximum atomic E-state index is 11.7. The highest BCUT2D eigenvalue weighted by Gasteiger charge is 2.19. The number of ether oxygens (including phenoxy) is 2. The first-order valence-corrected chi connectivity index (χ1v) is 6.38. The zero-order valence-corrected chi connectivity index (χ0v) is 12.0. The standard InChI is InChI=1S/C14H22N2O3/c1-5-18-12-7-6-10(9-16-12)11(15)8-13(17)19-14(2,3)4/h6-7,9,11H,5,8,15H2,1-4H3/t11-/m0/s1. The van der Waals surface area contributed by atoms with Gasteiger partial charge in [-0.3, -0.25) is 4.79 Å². The van der Waals surface area contributed by atoms with Gasteiger partial charge in [-0.25, -0.2) is 4.98 Å². The molecule has 1 rings (SSSR count). The van der Waals surface area contributed by atoms with Gasteiger partial charge in [-0.1, -0.05) is 6.07 Å². The van der Waals surface area contributed by atoms with Crippen molar-refractivity contribution in [3.05, 3.63) is 23.9 Å². The second-order valence-electron chi connectivity index (χ2n) is 5.26. The lowest BCUT2D eigenvalue weighted by Gasteiger charge is -2.21. The van der Waals surface area contributed by atoms with Crippen molar-refractivity contribution < 1.29 is 14.3 Å². The molecule has 0 radical (unpaired) electrons. The molecule has 0 fully saturated rings. The molecular formula is C14H22N2O3. The molecule has 0 unspecified atom stereocenters. The van der Waals surface area contributed by atoms with Crippen molar-refractivity contribution in [2.75, 3.05) is 6.61 Å². The molecule has 106 valence electrons. The average molecular weight is 266 g/mol. The van der Waals surface area contributed by atoms with Crippen LogP contribution in [0.1, 0.15) is 45.7 Å². The Morgan fingerprint density at radius 2 is 2.11 bits per heavy atom. The summed E-state index contributed by atoms with van der Waals surface area (Å²) in [6.45, 7) is 7.94. The molecule has 1 atom stereocenters. The van der Waals surface area contributed by atoms with Crippen LogP contribution in [-0.2, 0) is 9.53 Å². The van der Waals surface area contributed by atoms with Crippen LogP contribution in [0.4, 0.5) is 0 Å². The van der Waals surface area contributed by atoms with Crippen molar-refractivity contribution in [3.8, 4) is 5.88 Å². The second kappa shape index (κ2) is 6.52. The van der Waals surface area contributed by atoms with E-state index < -0.39 is 11.6 Å². The first kappa shape index (κ1) is 15.4. The maximum Gasteiger partial charge on any atom is 0.308 e. The van der Waals surface area contributed by atoms with Crippen LogP contribution < -0.4 is 10.5 Å². The van der Waals surface area contributed by atoms with E-state index in [2.05, 4.69) is 4.98 Å². The molecule has 2 N–H and O–H groups in total. The van der Waals surface area contributed by atoms with Crippen molar-refractivity contribution in [1.82, 2.24) is 4.98 Å². The molecule has 0 aliphatic heterocycles. The van der Waals surface area contributed by atoms with E-state index in [0.717, 1.165) is 5.56 Å². The molecule has 0 amide bonds. The molecule has 19 heavy (non-hydrogen) atoms. The predicted octanol–water partition coefficient (Wildman–Crippen LogP) is 2.21. The smallest absolute Gasteiger partial charge is 0.308 e. The molecule has 1 aromatic rings. The van der Waals surface area contributed by atoms with E-state index in [1.807, 2.05) is 33.8 Å². The number of nitrogens with two attached hydrogens (primary N) is 1. The van der Waals surface area contributed by atoms with Crippen LogP contribution in [-0.4, -0.2) is 23.2 Å². The Morgan fingerprint density at radius 1 is 1.42 bits per heavy atom. The van der Waals surface area contributed by atoms with Crippen LogP contribution >= 0.6 is 0 Å². The van der Waals surface area contributed by atoms with Gasteiger partial charge in [0.05, 0.1) is 13.0 Å². The van der Waals surface area contributed by atoms with E-state index in [4.69, 9.17) is 15.2 Å². The van der Waals surface area contributed by atoms with Gasteiger partial charge in [-0.05, 0) is 33.3 Å². The summed E-state index contributed by atoms with van der Waals surface area (Å²) in [4.78, 5) is 15.8. The van der Waals surface area contributed by atoms with Crippen LogP contribution in [0.2, 0.25) is 0 Å². The Balaban J connectivity index is 2.57. The lowest BCUT2D eigenvalue weighted by atomic mass is 10.1. The van der Waals surface area contributed by atoms with Gasteiger partial charge in [0.15, 0.2) is 0 Å². The van der Waals surface area contributed by atoms with Crippen molar-refractivity contribution in [2.45, 2.75) is 45.8 Å². The van der Waals surface area contributed by atoms with Crippen LogP contribution in [0.3, 0.4) is 0 Å². The third-order valence-corrected chi connectivity index (χ3v) is 2.29.